The molecule has 1 atom stereocenters. The van der Waals surface area contributed by atoms with Gasteiger partial charge in [-0.1, -0.05) is 23.7 Å². The Morgan fingerprint density at radius 1 is 1.26 bits per heavy atom. The predicted molar refractivity (Wildman–Crippen MR) is 74.5 cm³/mol. The SMILES string of the molecule is Cc1cc(N)cc(Cl)c1C(C#N)c1ccc(F)cc1. The third-order valence-corrected chi connectivity index (χ3v) is 3.29. The van der Waals surface area contributed by atoms with Crippen molar-refractivity contribution in [2.24, 2.45) is 0 Å². The molecule has 96 valence electrons. The fourth-order valence-electron chi connectivity index (χ4n) is 2.11. The average Bonchev–Trinajstić information content (AvgIpc) is 2.35. The van der Waals surface area contributed by atoms with Gasteiger partial charge in [-0.25, -0.2) is 4.39 Å². The molecule has 2 aromatic carbocycles. The molecule has 0 aliphatic heterocycles. The van der Waals surface area contributed by atoms with Crippen LogP contribution in [0, 0.1) is 24.1 Å². The highest BCUT2D eigenvalue weighted by Crippen LogP contribution is 2.34. The van der Waals surface area contributed by atoms with Crippen LogP contribution in [-0.4, -0.2) is 0 Å². The number of nitrogens with two attached hydrogens (primary N) is 1. The molecule has 4 heteroatoms. The van der Waals surface area contributed by atoms with E-state index >= 15 is 0 Å². The van der Waals surface area contributed by atoms with Crippen LogP contribution >= 0.6 is 11.6 Å². The van der Waals surface area contributed by atoms with E-state index in [1.165, 1.54) is 12.1 Å². The van der Waals surface area contributed by atoms with Crippen LogP contribution in [0.3, 0.4) is 0 Å². The lowest BCUT2D eigenvalue weighted by atomic mass is 9.89. The van der Waals surface area contributed by atoms with Gasteiger partial charge in [-0.05, 0) is 47.9 Å². The molecular formula is C15H12ClFN2. The minimum atomic E-state index is -0.534. The van der Waals surface area contributed by atoms with Crippen molar-refractivity contribution in [3.05, 3.63) is 63.9 Å². The van der Waals surface area contributed by atoms with Crippen LogP contribution in [0.5, 0.6) is 0 Å². The summed E-state index contributed by atoms with van der Waals surface area (Å²) < 4.78 is 12.9. The predicted octanol–water partition coefficient (Wildman–Crippen LogP) is 4.03. The Hall–Kier alpha value is -2.05. The van der Waals surface area contributed by atoms with E-state index in [4.69, 9.17) is 17.3 Å². The van der Waals surface area contributed by atoms with Gasteiger partial charge < -0.3 is 5.73 Å². The largest absolute Gasteiger partial charge is 0.399 e. The molecule has 1 unspecified atom stereocenters. The molecule has 0 saturated carbocycles. The van der Waals surface area contributed by atoms with E-state index in [2.05, 4.69) is 6.07 Å². The molecule has 0 saturated heterocycles. The molecule has 0 amide bonds. The second-order valence-corrected chi connectivity index (χ2v) is 4.75. The van der Waals surface area contributed by atoms with Crippen LogP contribution in [0.4, 0.5) is 10.1 Å². The van der Waals surface area contributed by atoms with Crippen molar-refractivity contribution in [3.63, 3.8) is 0 Å². The third kappa shape index (κ3) is 2.69. The van der Waals surface area contributed by atoms with Gasteiger partial charge in [0.2, 0.25) is 0 Å². The normalized spacial score (nSPS) is 11.9. The molecule has 0 radical (unpaired) electrons. The Bertz CT molecular complexity index is 621. The highest BCUT2D eigenvalue weighted by Gasteiger charge is 2.19. The number of rotatable bonds is 2. The van der Waals surface area contributed by atoms with Crippen molar-refractivity contribution in [3.8, 4) is 6.07 Å². The Kier molecular flexibility index (Phi) is 3.73. The van der Waals surface area contributed by atoms with E-state index in [0.29, 0.717) is 21.8 Å². The van der Waals surface area contributed by atoms with Gasteiger partial charge in [0.25, 0.3) is 0 Å². The standard InChI is InChI=1S/C15H12ClFN2/c1-9-6-12(19)7-14(16)15(9)13(8-18)10-2-4-11(17)5-3-10/h2-7,13H,19H2,1H3. The number of hydrogen-bond donors (Lipinski definition) is 1. The Morgan fingerprint density at radius 3 is 2.42 bits per heavy atom. The number of nitriles is 1. The summed E-state index contributed by atoms with van der Waals surface area (Å²) in [5.41, 5.74) is 8.54. The molecule has 0 spiro atoms. The van der Waals surface area contributed by atoms with E-state index in [1.807, 2.05) is 6.92 Å². The van der Waals surface area contributed by atoms with Gasteiger partial charge in [0.05, 0.1) is 12.0 Å². The van der Waals surface area contributed by atoms with Gasteiger partial charge in [-0.2, -0.15) is 5.26 Å². The van der Waals surface area contributed by atoms with Crippen LogP contribution in [0.15, 0.2) is 36.4 Å². The molecule has 19 heavy (non-hydrogen) atoms. The number of nitrogen functional groups attached to an aromatic ring is 1. The van der Waals surface area contributed by atoms with Gasteiger partial charge in [0, 0.05) is 10.7 Å². The number of benzene rings is 2. The molecule has 2 N–H and O–H groups in total. The number of aryl methyl sites for hydroxylation is 1. The maximum absolute atomic E-state index is 12.9. The first-order chi connectivity index (χ1) is 9.02. The van der Waals surface area contributed by atoms with Crippen molar-refractivity contribution in [1.82, 2.24) is 0 Å². The van der Waals surface area contributed by atoms with Crippen LogP contribution in [-0.2, 0) is 0 Å². The lowest BCUT2D eigenvalue weighted by Gasteiger charge is -2.15. The van der Waals surface area contributed by atoms with Gasteiger partial charge in [0.15, 0.2) is 0 Å². The fraction of sp³-hybridized carbons (Fsp3) is 0.133. The molecule has 0 fully saturated rings. The summed E-state index contributed by atoms with van der Waals surface area (Å²) >= 11 is 6.18. The number of anilines is 1. The second kappa shape index (κ2) is 5.29. The first kappa shape index (κ1) is 13.4. The van der Waals surface area contributed by atoms with Gasteiger partial charge in [-0.15, -0.1) is 0 Å². The minimum absolute atomic E-state index is 0.333. The molecule has 0 heterocycles. The summed E-state index contributed by atoms with van der Waals surface area (Å²) in [5, 5.41) is 9.84. The zero-order valence-electron chi connectivity index (χ0n) is 10.3. The summed E-state index contributed by atoms with van der Waals surface area (Å²) in [6.07, 6.45) is 0. The molecule has 2 aromatic rings. The van der Waals surface area contributed by atoms with Gasteiger partial charge >= 0.3 is 0 Å². The van der Waals surface area contributed by atoms with Crippen LogP contribution in [0.2, 0.25) is 5.02 Å². The fourth-order valence-corrected chi connectivity index (χ4v) is 2.49. The smallest absolute Gasteiger partial charge is 0.123 e. The maximum Gasteiger partial charge on any atom is 0.123 e. The summed E-state index contributed by atoms with van der Waals surface area (Å²) in [6.45, 7) is 1.85. The van der Waals surface area contributed by atoms with E-state index in [0.717, 1.165) is 5.56 Å². The van der Waals surface area contributed by atoms with Crippen LogP contribution in [0.25, 0.3) is 0 Å². The minimum Gasteiger partial charge on any atom is -0.399 e. The van der Waals surface area contributed by atoms with Crippen LogP contribution < -0.4 is 5.73 Å². The van der Waals surface area contributed by atoms with Crippen molar-refractivity contribution >= 4 is 17.3 Å². The zero-order valence-corrected chi connectivity index (χ0v) is 11.1. The molecule has 0 aromatic heterocycles. The van der Waals surface area contributed by atoms with E-state index in [1.54, 1.807) is 24.3 Å². The molecule has 2 rings (SSSR count). The van der Waals surface area contributed by atoms with E-state index in [-0.39, 0.29) is 5.82 Å². The maximum atomic E-state index is 12.9. The molecule has 0 bridgehead atoms. The monoisotopic (exact) mass is 274 g/mol. The van der Waals surface area contributed by atoms with E-state index < -0.39 is 5.92 Å². The quantitative estimate of drug-likeness (QED) is 0.841. The van der Waals surface area contributed by atoms with Crippen LogP contribution in [0.1, 0.15) is 22.6 Å². The Balaban J connectivity index is 2.55. The number of hydrogen-bond acceptors (Lipinski definition) is 2. The van der Waals surface area contributed by atoms with E-state index in [9.17, 15) is 9.65 Å². The summed E-state index contributed by atoms with van der Waals surface area (Å²) in [6, 6.07) is 11.5. The van der Waals surface area contributed by atoms with Crippen molar-refractivity contribution in [2.75, 3.05) is 5.73 Å². The zero-order chi connectivity index (χ0) is 14.0. The van der Waals surface area contributed by atoms with Crippen molar-refractivity contribution in [1.29, 1.82) is 5.26 Å². The highest BCUT2D eigenvalue weighted by atomic mass is 35.5. The summed E-state index contributed by atoms with van der Waals surface area (Å²) in [7, 11) is 0. The molecular weight excluding hydrogens is 263 g/mol. The second-order valence-electron chi connectivity index (χ2n) is 4.35. The molecule has 2 nitrogen and oxygen atoms in total. The van der Waals surface area contributed by atoms with Crippen molar-refractivity contribution in [2.45, 2.75) is 12.8 Å². The first-order valence-corrected chi connectivity index (χ1v) is 6.11. The Labute approximate surface area is 116 Å². The topological polar surface area (TPSA) is 49.8 Å². The first-order valence-electron chi connectivity index (χ1n) is 5.73. The summed E-state index contributed by atoms with van der Waals surface area (Å²) in [5.74, 6) is -0.866. The summed E-state index contributed by atoms with van der Waals surface area (Å²) in [4.78, 5) is 0. The number of halogens is 2. The molecule has 0 aliphatic rings. The number of nitrogens with zero attached hydrogens (tertiary/aromatic N) is 1. The van der Waals surface area contributed by atoms with Crippen molar-refractivity contribution < 1.29 is 4.39 Å². The van der Waals surface area contributed by atoms with Gasteiger partial charge in [0.1, 0.15) is 5.82 Å². The Morgan fingerprint density at radius 2 is 1.89 bits per heavy atom. The third-order valence-electron chi connectivity index (χ3n) is 2.98. The lowest BCUT2D eigenvalue weighted by Crippen LogP contribution is -2.03. The highest BCUT2D eigenvalue weighted by molar-refractivity contribution is 6.31. The van der Waals surface area contributed by atoms with Gasteiger partial charge in [-0.3, -0.25) is 0 Å². The average molecular weight is 275 g/mol. The molecule has 0 aliphatic carbocycles. The lowest BCUT2D eigenvalue weighted by molar-refractivity contribution is 0.627.